The van der Waals surface area contributed by atoms with Gasteiger partial charge in [-0.1, -0.05) is 33.6 Å². The fourth-order valence-electron chi connectivity index (χ4n) is 10.6. The van der Waals surface area contributed by atoms with Crippen molar-refractivity contribution in [2.45, 2.75) is 142 Å². The molecule has 398 valence electrons. The lowest BCUT2D eigenvalue weighted by Gasteiger charge is -2.41. The van der Waals surface area contributed by atoms with Crippen LogP contribution >= 0.6 is 0 Å². The molecule has 0 radical (unpaired) electrons. The molecule has 0 saturated carbocycles. The lowest BCUT2D eigenvalue weighted by atomic mass is 9.84. The molecule has 17 nitrogen and oxygen atoms in total. The summed E-state index contributed by atoms with van der Waals surface area (Å²) in [6.07, 6.45) is 2.04. The highest BCUT2D eigenvalue weighted by molar-refractivity contribution is 5.97. The molecule has 0 spiro atoms. The fraction of sp³-hybridized carbons (Fsp3) is 0.636. The maximum Gasteiger partial charge on any atom is 0.324 e. The highest BCUT2D eigenvalue weighted by Crippen LogP contribution is 2.42. The number of ether oxygens (including phenoxy) is 3. The molecule has 1 aromatic carbocycles. The number of carbonyl (C=O) groups is 5. The minimum atomic E-state index is -2.34. The molecule has 4 amide bonds. The number of alkyl halides is 1. The van der Waals surface area contributed by atoms with E-state index >= 15 is 4.39 Å². The molecule has 4 aliphatic heterocycles. The Morgan fingerprint density at radius 2 is 1.79 bits per heavy atom. The molecule has 4 aliphatic rings. The van der Waals surface area contributed by atoms with E-state index in [9.17, 15) is 24.0 Å². The highest BCUT2D eigenvalue weighted by atomic mass is 19.1. The Balaban J connectivity index is 1.18. The SMILES string of the molecule is CCn1c(-c2cccnc2[C@H](C)OC)c2c3cc(ccc31)N1CCO[C@@H](C[C@H](NC(=O)C(C(C)C)N(C)C(=O)C3(F)CCN(C(=O)C#CC(C)(C)N(C)C)CC3)C(=O)N3CCC[C@H](N3)C(=O)OCC(C)(C)C2)C1. The number of hydrogen-bond acceptors (Lipinski definition) is 12. The number of esters is 1. The number of hydrazine groups is 1. The number of cyclic esters (lactones) is 1. The van der Waals surface area contributed by atoms with Crippen LogP contribution in [0.2, 0.25) is 0 Å². The summed E-state index contributed by atoms with van der Waals surface area (Å²) in [6.45, 7) is 18.0. The summed E-state index contributed by atoms with van der Waals surface area (Å²) in [5.41, 5.74) is 5.66. The second kappa shape index (κ2) is 22.5. The number of halogens is 1. The Labute approximate surface area is 430 Å². The molecule has 6 bridgehead atoms. The van der Waals surface area contributed by atoms with Crippen molar-refractivity contribution in [1.82, 2.24) is 40.0 Å². The Morgan fingerprint density at radius 3 is 2.47 bits per heavy atom. The van der Waals surface area contributed by atoms with E-state index in [4.69, 9.17) is 19.2 Å². The van der Waals surface area contributed by atoms with Crippen LogP contribution in [0.3, 0.4) is 0 Å². The van der Waals surface area contributed by atoms with Gasteiger partial charge in [0.25, 0.3) is 17.7 Å². The van der Waals surface area contributed by atoms with E-state index in [-0.39, 0.29) is 51.6 Å². The molecule has 5 atom stereocenters. The first-order valence-corrected chi connectivity index (χ1v) is 26.0. The molecule has 2 N–H and O–H groups in total. The van der Waals surface area contributed by atoms with E-state index in [1.165, 1.54) is 17.0 Å². The number of nitrogens with one attached hydrogen (secondary N) is 2. The van der Waals surface area contributed by atoms with E-state index in [2.05, 4.69) is 77.1 Å². The largest absolute Gasteiger partial charge is 0.464 e. The number of aromatic nitrogens is 2. The average Bonchev–Trinajstić information content (AvgIpc) is 3.67. The van der Waals surface area contributed by atoms with E-state index < -0.39 is 76.4 Å². The standard InChI is InChI=1S/C55H78FN9O8/c1-13-64-44-19-18-37-30-40(44)41(48(64)39-16-14-24-57-46(39)36(4)71-12)32-53(5,6)34-73-51(69)42-17-15-25-65(59-42)50(68)43(31-38-33-63(37)28-29-72-38)58-49(67)47(35(2)3)61(11)52(70)55(56)22-26-62(27-23-55)45(66)20-21-54(7,8)60(9)10/h14,16,18-19,24,30,35-36,38,42-43,47,59H,13,15,17,22-23,25-29,31-34H2,1-12H3,(H,58,67)/t36-,38-,42-,43-,47?/m0/s1. The number of amides is 4. The van der Waals surface area contributed by atoms with Crippen LogP contribution in [0.1, 0.15) is 105 Å². The summed E-state index contributed by atoms with van der Waals surface area (Å²) in [5.74, 6) is 2.27. The van der Waals surface area contributed by atoms with Crippen molar-refractivity contribution in [3.8, 4) is 23.1 Å². The third kappa shape index (κ3) is 12.0. The zero-order valence-corrected chi connectivity index (χ0v) is 45.1. The maximum absolute atomic E-state index is 16.8. The van der Waals surface area contributed by atoms with Gasteiger partial charge in [0.05, 0.1) is 42.3 Å². The maximum atomic E-state index is 16.8. The van der Waals surface area contributed by atoms with Gasteiger partial charge in [-0.15, -0.1) is 0 Å². The lowest BCUT2D eigenvalue weighted by Crippen LogP contribution is -2.63. The topological polar surface area (TPSA) is 171 Å². The van der Waals surface area contributed by atoms with Crippen LogP contribution in [0, 0.1) is 23.2 Å². The van der Waals surface area contributed by atoms with Crippen molar-refractivity contribution in [3.05, 3.63) is 47.8 Å². The van der Waals surface area contributed by atoms with E-state index in [1.54, 1.807) is 27.2 Å². The van der Waals surface area contributed by atoms with Gasteiger partial charge in [-0.2, -0.15) is 0 Å². The molecular formula is C55H78FN9O8. The predicted molar refractivity (Wildman–Crippen MR) is 278 cm³/mol. The van der Waals surface area contributed by atoms with Crippen LogP contribution in [0.5, 0.6) is 0 Å². The van der Waals surface area contributed by atoms with Gasteiger partial charge in [-0.05, 0) is 109 Å². The number of piperidine rings is 1. The van der Waals surface area contributed by atoms with Crippen LogP contribution in [0.25, 0.3) is 22.2 Å². The predicted octanol–water partition coefficient (Wildman–Crippen LogP) is 5.29. The molecular weight excluding hydrogens is 934 g/mol. The number of likely N-dealkylation sites (N-methyl/N-ethyl adjacent to an activating group) is 1. The summed E-state index contributed by atoms with van der Waals surface area (Å²) in [6, 6.07) is 7.37. The first-order valence-electron chi connectivity index (χ1n) is 26.0. The van der Waals surface area contributed by atoms with E-state index in [0.29, 0.717) is 45.5 Å². The van der Waals surface area contributed by atoms with Crippen LogP contribution in [0.4, 0.5) is 10.1 Å². The third-order valence-electron chi connectivity index (χ3n) is 15.4. The third-order valence-corrected chi connectivity index (χ3v) is 15.4. The number of methoxy groups -OCH3 is 1. The zero-order chi connectivity index (χ0) is 53.2. The van der Waals surface area contributed by atoms with Gasteiger partial charge in [0.1, 0.15) is 18.1 Å². The molecule has 3 fully saturated rings. The number of nitrogens with zero attached hydrogens (tertiary/aromatic N) is 7. The van der Waals surface area contributed by atoms with Crippen LogP contribution in [-0.4, -0.2) is 168 Å². The second-order valence-corrected chi connectivity index (χ2v) is 22.2. The van der Waals surface area contributed by atoms with Gasteiger partial charge in [0, 0.05) is 106 Å². The summed E-state index contributed by atoms with van der Waals surface area (Å²) in [4.78, 5) is 82.2. The zero-order valence-electron chi connectivity index (χ0n) is 45.1. The summed E-state index contributed by atoms with van der Waals surface area (Å²) in [5, 5.41) is 5.43. The molecule has 7 rings (SSSR count). The van der Waals surface area contributed by atoms with Crippen molar-refractivity contribution >= 4 is 46.2 Å². The van der Waals surface area contributed by atoms with Crippen molar-refractivity contribution in [3.63, 3.8) is 0 Å². The first-order chi connectivity index (χ1) is 34.5. The first kappa shape index (κ1) is 55.1. The van der Waals surface area contributed by atoms with Crippen LogP contribution in [-0.2, 0) is 51.1 Å². The Bertz CT molecular complexity index is 2590. The van der Waals surface area contributed by atoms with Crippen molar-refractivity contribution in [2.75, 3.05) is 79.1 Å². The molecule has 1 unspecified atom stereocenters. The normalized spacial score (nSPS) is 22.5. The minimum Gasteiger partial charge on any atom is -0.464 e. The number of hydrogen-bond donors (Lipinski definition) is 2. The number of benzene rings is 1. The number of morpholine rings is 1. The number of rotatable bonds is 10. The molecule has 3 aromatic rings. The smallest absolute Gasteiger partial charge is 0.324 e. The molecule has 3 saturated heterocycles. The van der Waals surface area contributed by atoms with Gasteiger partial charge >= 0.3 is 5.97 Å². The fourth-order valence-corrected chi connectivity index (χ4v) is 10.6. The molecule has 73 heavy (non-hydrogen) atoms. The van der Waals surface area contributed by atoms with Gasteiger partial charge in [0.15, 0.2) is 5.67 Å². The minimum absolute atomic E-state index is 0.0172. The van der Waals surface area contributed by atoms with Gasteiger partial charge in [0.2, 0.25) is 5.91 Å². The van der Waals surface area contributed by atoms with Gasteiger partial charge < -0.3 is 38.8 Å². The van der Waals surface area contributed by atoms with Crippen LogP contribution in [0.15, 0.2) is 36.5 Å². The Kier molecular flexibility index (Phi) is 17.0. The van der Waals surface area contributed by atoms with Crippen molar-refractivity contribution in [2.24, 2.45) is 11.3 Å². The Morgan fingerprint density at radius 1 is 1.07 bits per heavy atom. The van der Waals surface area contributed by atoms with E-state index in [0.717, 1.165) is 44.0 Å². The van der Waals surface area contributed by atoms with Crippen molar-refractivity contribution < 1.29 is 42.6 Å². The van der Waals surface area contributed by atoms with Crippen LogP contribution < -0.4 is 15.6 Å². The van der Waals surface area contributed by atoms with Crippen molar-refractivity contribution in [1.29, 1.82) is 0 Å². The highest BCUT2D eigenvalue weighted by Gasteiger charge is 2.48. The van der Waals surface area contributed by atoms with E-state index in [1.807, 2.05) is 45.8 Å². The molecule has 18 heteroatoms. The number of fused-ring (bicyclic) bond motifs is 6. The summed E-state index contributed by atoms with van der Waals surface area (Å²) < 4.78 is 37.5. The number of carbonyl (C=O) groups excluding carboxylic acids is 5. The molecule has 6 heterocycles. The summed E-state index contributed by atoms with van der Waals surface area (Å²) in [7, 11) is 6.82. The Hall–Kier alpha value is -5.61. The summed E-state index contributed by atoms with van der Waals surface area (Å²) >= 11 is 0. The van der Waals surface area contributed by atoms with Gasteiger partial charge in [-0.25, -0.2) is 9.82 Å². The lowest BCUT2D eigenvalue weighted by molar-refractivity contribution is -0.156. The number of likely N-dealkylation sites (tertiary alicyclic amines) is 1. The quantitative estimate of drug-likeness (QED) is 0.199. The number of pyridine rings is 1. The number of aryl methyl sites for hydroxylation is 1. The average molecular weight is 1010 g/mol. The second-order valence-electron chi connectivity index (χ2n) is 22.2. The molecule has 2 aromatic heterocycles. The van der Waals surface area contributed by atoms with Gasteiger partial charge in [-0.3, -0.25) is 38.9 Å². The monoisotopic (exact) mass is 1010 g/mol. The molecule has 0 aliphatic carbocycles. The number of anilines is 1.